The average Bonchev–Trinajstić information content (AvgIpc) is 3.07. The summed E-state index contributed by atoms with van der Waals surface area (Å²) in [7, 11) is 0. The standard InChI is InChI=1S/C24H21N/c1-2-8-16-15(7-1)13-14-18-17-9-3-4-10-19(17)24-23(22(16)18)20-11-5-6-12-21(20)25-24/h1-4,6-10,12,15-16,25H,5,11,13-14H2. The highest BCUT2D eigenvalue weighted by Gasteiger charge is 2.32. The molecule has 0 fully saturated rings. The molecule has 1 heterocycles. The number of nitrogens with one attached hydrogen (secondary N) is 1. The fourth-order valence-electron chi connectivity index (χ4n) is 5.34. The third-order valence-electron chi connectivity index (χ3n) is 6.41. The minimum Gasteiger partial charge on any atom is -0.354 e. The summed E-state index contributed by atoms with van der Waals surface area (Å²) in [5.41, 5.74) is 7.44. The smallest absolute Gasteiger partial charge is 0.0544 e. The van der Waals surface area contributed by atoms with E-state index in [0.717, 1.165) is 12.8 Å². The molecule has 6 rings (SSSR count). The van der Waals surface area contributed by atoms with Crippen LogP contribution >= 0.6 is 0 Å². The van der Waals surface area contributed by atoms with E-state index in [1.807, 2.05) is 0 Å². The van der Waals surface area contributed by atoms with Crippen LogP contribution in [0.2, 0.25) is 0 Å². The van der Waals surface area contributed by atoms with Crippen LogP contribution in [-0.4, -0.2) is 4.98 Å². The number of hydrogen-bond acceptors (Lipinski definition) is 0. The van der Waals surface area contributed by atoms with Crippen LogP contribution in [0.1, 0.15) is 41.1 Å². The minimum atomic E-state index is 0.534. The van der Waals surface area contributed by atoms with E-state index in [4.69, 9.17) is 0 Å². The molecule has 1 N–H and O–H groups in total. The highest BCUT2D eigenvalue weighted by atomic mass is 14.7. The Labute approximate surface area is 147 Å². The number of aryl methyl sites for hydroxylation is 2. The monoisotopic (exact) mass is 323 g/mol. The number of H-pyrrole nitrogens is 1. The van der Waals surface area contributed by atoms with Gasteiger partial charge < -0.3 is 4.98 Å². The quantitative estimate of drug-likeness (QED) is 0.518. The van der Waals surface area contributed by atoms with E-state index in [1.165, 1.54) is 40.2 Å². The summed E-state index contributed by atoms with van der Waals surface area (Å²) in [6.07, 6.45) is 18.7. The molecular formula is C24H21N. The first kappa shape index (κ1) is 13.7. The molecule has 0 bridgehead atoms. The summed E-state index contributed by atoms with van der Waals surface area (Å²) in [5.74, 6) is 1.19. The van der Waals surface area contributed by atoms with Gasteiger partial charge in [0.25, 0.3) is 0 Å². The topological polar surface area (TPSA) is 15.8 Å². The molecule has 3 aromatic rings. The molecule has 1 aromatic heterocycles. The van der Waals surface area contributed by atoms with E-state index >= 15 is 0 Å². The molecular weight excluding hydrogens is 302 g/mol. The zero-order chi connectivity index (χ0) is 16.4. The van der Waals surface area contributed by atoms with Crippen LogP contribution in [0.3, 0.4) is 0 Å². The summed E-state index contributed by atoms with van der Waals surface area (Å²) < 4.78 is 0. The van der Waals surface area contributed by atoms with Gasteiger partial charge in [-0.2, -0.15) is 0 Å². The Morgan fingerprint density at radius 3 is 2.76 bits per heavy atom. The maximum Gasteiger partial charge on any atom is 0.0544 e. The van der Waals surface area contributed by atoms with Crippen molar-refractivity contribution in [1.82, 2.24) is 4.98 Å². The number of allylic oxidation sites excluding steroid dienone is 5. The Morgan fingerprint density at radius 2 is 1.80 bits per heavy atom. The lowest BCUT2D eigenvalue weighted by atomic mass is 9.70. The van der Waals surface area contributed by atoms with Crippen LogP contribution in [0.5, 0.6) is 0 Å². The molecule has 0 saturated carbocycles. The molecule has 2 aromatic carbocycles. The number of aromatic amines is 1. The molecule has 3 aliphatic carbocycles. The predicted molar refractivity (Wildman–Crippen MR) is 106 cm³/mol. The molecule has 0 saturated heterocycles. The number of fused-ring (bicyclic) bond motifs is 10. The van der Waals surface area contributed by atoms with Crippen molar-refractivity contribution in [3.8, 4) is 0 Å². The number of benzene rings is 2. The fraction of sp³-hybridized carbons (Fsp3) is 0.250. The molecule has 2 atom stereocenters. The SMILES string of the molecule is C1=CC2CCc3c(c4c5c([nH]c4c4ccccc34)C=CCC5)C2C=C1. The predicted octanol–water partition coefficient (Wildman–Crippen LogP) is 6.05. The first-order chi connectivity index (χ1) is 12.4. The summed E-state index contributed by atoms with van der Waals surface area (Å²) in [5, 5.41) is 4.38. The van der Waals surface area contributed by atoms with Gasteiger partial charge in [0.05, 0.1) is 5.52 Å². The molecule has 0 aliphatic heterocycles. The Bertz CT molecular complexity index is 1110. The van der Waals surface area contributed by atoms with Crippen molar-refractivity contribution < 1.29 is 0 Å². The van der Waals surface area contributed by atoms with Crippen LogP contribution < -0.4 is 0 Å². The zero-order valence-electron chi connectivity index (χ0n) is 14.3. The second-order valence-electron chi connectivity index (χ2n) is 7.64. The zero-order valence-corrected chi connectivity index (χ0v) is 14.3. The van der Waals surface area contributed by atoms with Gasteiger partial charge in [-0.1, -0.05) is 54.6 Å². The molecule has 122 valence electrons. The van der Waals surface area contributed by atoms with Crippen LogP contribution in [-0.2, 0) is 12.8 Å². The Balaban J connectivity index is 1.82. The van der Waals surface area contributed by atoms with E-state index in [0.29, 0.717) is 11.8 Å². The third-order valence-corrected chi connectivity index (χ3v) is 6.41. The second kappa shape index (κ2) is 4.98. The van der Waals surface area contributed by atoms with Gasteiger partial charge in [-0.15, -0.1) is 0 Å². The maximum absolute atomic E-state index is 3.78. The maximum atomic E-state index is 3.78. The van der Waals surface area contributed by atoms with Crippen molar-refractivity contribution in [1.29, 1.82) is 0 Å². The first-order valence-corrected chi connectivity index (χ1v) is 9.51. The summed E-state index contributed by atoms with van der Waals surface area (Å²) >= 11 is 0. The van der Waals surface area contributed by atoms with Crippen LogP contribution in [0.25, 0.3) is 27.8 Å². The number of hydrogen-bond donors (Lipinski definition) is 1. The highest BCUT2D eigenvalue weighted by molar-refractivity contribution is 6.11. The minimum absolute atomic E-state index is 0.534. The van der Waals surface area contributed by atoms with Crippen molar-refractivity contribution in [3.05, 3.63) is 77.0 Å². The molecule has 1 nitrogen and oxygen atoms in total. The van der Waals surface area contributed by atoms with Gasteiger partial charge >= 0.3 is 0 Å². The highest BCUT2D eigenvalue weighted by Crippen LogP contribution is 2.48. The second-order valence-corrected chi connectivity index (χ2v) is 7.64. The largest absolute Gasteiger partial charge is 0.354 e. The molecule has 2 unspecified atom stereocenters. The van der Waals surface area contributed by atoms with E-state index < -0.39 is 0 Å². The number of aromatic nitrogens is 1. The van der Waals surface area contributed by atoms with E-state index in [1.54, 1.807) is 16.7 Å². The van der Waals surface area contributed by atoms with Crippen molar-refractivity contribution >= 4 is 27.8 Å². The van der Waals surface area contributed by atoms with Crippen molar-refractivity contribution in [2.75, 3.05) is 0 Å². The molecule has 25 heavy (non-hydrogen) atoms. The van der Waals surface area contributed by atoms with Crippen molar-refractivity contribution in [2.45, 2.75) is 31.6 Å². The first-order valence-electron chi connectivity index (χ1n) is 9.51. The Kier molecular flexibility index (Phi) is 2.73. The summed E-state index contributed by atoms with van der Waals surface area (Å²) in [6, 6.07) is 9.00. The van der Waals surface area contributed by atoms with Gasteiger partial charge in [-0.3, -0.25) is 0 Å². The van der Waals surface area contributed by atoms with Crippen LogP contribution in [0.15, 0.2) is 54.6 Å². The van der Waals surface area contributed by atoms with Crippen LogP contribution in [0.4, 0.5) is 0 Å². The molecule has 3 aliphatic rings. The van der Waals surface area contributed by atoms with Gasteiger partial charge in [0.2, 0.25) is 0 Å². The van der Waals surface area contributed by atoms with Crippen molar-refractivity contribution in [2.24, 2.45) is 5.92 Å². The molecule has 0 spiro atoms. The van der Waals surface area contributed by atoms with E-state index in [9.17, 15) is 0 Å². The van der Waals surface area contributed by atoms with Gasteiger partial charge in [0.1, 0.15) is 0 Å². The van der Waals surface area contributed by atoms with E-state index in [2.05, 4.69) is 65.7 Å². The Hall–Kier alpha value is -2.54. The number of rotatable bonds is 0. The van der Waals surface area contributed by atoms with Gasteiger partial charge in [0.15, 0.2) is 0 Å². The average molecular weight is 323 g/mol. The lowest BCUT2D eigenvalue weighted by Gasteiger charge is -2.33. The van der Waals surface area contributed by atoms with E-state index in [-0.39, 0.29) is 0 Å². The lowest BCUT2D eigenvalue weighted by Crippen LogP contribution is -2.20. The van der Waals surface area contributed by atoms with Crippen LogP contribution in [0, 0.1) is 5.92 Å². The van der Waals surface area contributed by atoms with Gasteiger partial charge in [0, 0.05) is 22.4 Å². The lowest BCUT2D eigenvalue weighted by molar-refractivity contribution is 0.504. The van der Waals surface area contributed by atoms with Crippen molar-refractivity contribution in [3.63, 3.8) is 0 Å². The molecule has 1 heteroatoms. The van der Waals surface area contributed by atoms with Gasteiger partial charge in [-0.05, 0) is 59.8 Å². The fourth-order valence-corrected chi connectivity index (χ4v) is 5.34. The molecule has 0 amide bonds. The molecule has 0 radical (unpaired) electrons. The third kappa shape index (κ3) is 1.79. The Morgan fingerprint density at radius 1 is 0.920 bits per heavy atom. The summed E-state index contributed by atoms with van der Waals surface area (Å²) in [6.45, 7) is 0. The van der Waals surface area contributed by atoms with Gasteiger partial charge in [-0.25, -0.2) is 0 Å². The normalized spacial score (nSPS) is 23.7. The summed E-state index contributed by atoms with van der Waals surface area (Å²) in [4.78, 5) is 3.78.